The van der Waals surface area contributed by atoms with Crippen LogP contribution in [-0.2, 0) is 20.7 Å². The molecule has 1 unspecified atom stereocenters. The van der Waals surface area contributed by atoms with Crippen molar-refractivity contribution in [3.8, 4) is 16.9 Å². The van der Waals surface area contributed by atoms with E-state index in [4.69, 9.17) is 16.3 Å². The van der Waals surface area contributed by atoms with Gasteiger partial charge in [0.2, 0.25) is 5.91 Å². The second kappa shape index (κ2) is 12.7. The normalized spacial score (nSPS) is 16.7. The molecule has 5 rings (SSSR count). The summed E-state index contributed by atoms with van der Waals surface area (Å²) < 4.78 is 20.7. The van der Waals surface area contributed by atoms with Gasteiger partial charge >= 0.3 is 5.97 Å². The van der Waals surface area contributed by atoms with Gasteiger partial charge in [-0.3, -0.25) is 14.4 Å². The average molecular weight is 606 g/mol. The van der Waals surface area contributed by atoms with Crippen LogP contribution in [0.3, 0.4) is 0 Å². The molecular weight excluding hydrogens is 577 g/mol. The second-order valence-electron chi connectivity index (χ2n) is 10.4. The lowest BCUT2D eigenvalue weighted by molar-refractivity contribution is -0.139. The zero-order valence-electron chi connectivity index (χ0n) is 23.7. The summed E-state index contributed by atoms with van der Waals surface area (Å²) in [6.07, 6.45) is 3.31. The van der Waals surface area contributed by atoms with E-state index in [1.165, 1.54) is 23.9 Å². The van der Waals surface area contributed by atoms with Gasteiger partial charge in [-0.2, -0.15) is 10.2 Å². The van der Waals surface area contributed by atoms with Gasteiger partial charge in [-0.25, -0.2) is 9.07 Å². The summed E-state index contributed by atoms with van der Waals surface area (Å²) in [5.41, 5.74) is 3.39. The van der Waals surface area contributed by atoms with Gasteiger partial charge < -0.3 is 15.4 Å². The molecule has 2 atom stereocenters. The molecule has 11 nitrogen and oxygen atoms in total. The van der Waals surface area contributed by atoms with Crippen LogP contribution in [-0.4, -0.2) is 50.1 Å². The molecular formula is C30H29ClFN7O4. The predicted molar refractivity (Wildman–Crippen MR) is 156 cm³/mol. The summed E-state index contributed by atoms with van der Waals surface area (Å²) in [7, 11) is 1.32. The Morgan fingerprint density at radius 3 is 2.79 bits per heavy atom. The number of methoxy groups -OCH3 is 1. The minimum atomic E-state index is -0.672. The van der Waals surface area contributed by atoms with E-state index in [-0.39, 0.29) is 34.6 Å². The first kappa shape index (κ1) is 29.8. The number of benzene rings is 2. The van der Waals surface area contributed by atoms with Crippen LogP contribution in [0.4, 0.5) is 10.1 Å². The molecule has 2 aromatic carbocycles. The first-order chi connectivity index (χ1) is 20.7. The van der Waals surface area contributed by atoms with E-state index in [0.29, 0.717) is 53.0 Å². The summed E-state index contributed by atoms with van der Waals surface area (Å²) in [6.45, 7) is 3.45. The molecule has 4 aromatic rings. The Morgan fingerprint density at radius 2 is 2.00 bits per heavy atom. The zero-order chi connectivity index (χ0) is 30.7. The standard InChI is InChI=1S/C30H29ClFN7O4/c1-16-6-4-8-22(34-30(42)28-17(2)39(38-37-28)25-9-5-7-21(31)27(25)32)19-14-24(36-33-15-19)20-11-10-18(13-26(40)43-3)12-23(20)35-29(16)41/h5,7,9-12,14-16,22H,4,6,8,13H2,1-3H3,(H,34,42)(H,35,41)/t16?,22-/m0/s1. The lowest BCUT2D eigenvalue weighted by Crippen LogP contribution is -2.30. The fourth-order valence-corrected chi connectivity index (χ4v) is 5.13. The van der Waals surface area contributed by atoms with Gasteiger partial charge in [0, 0.05) is 11.5 Å². The van der Waals surface area contributed by atoms with Crippen LogP contribution >= 0.6 is 11.6 Å². The van der Waals surface area contributed by atoms with E-state index < -0.39 is 23.7 Å². The van der Waals surface area contributed by atoms with Crippen molar-refractivity contribution in [3.63, 3.8) is 0 Å². The highest BCUT2D eigenvalue weighted by Crippen LogP contribution is 2.32. The lowest BCUT2D eigenvalue weighted by atomic mass is 9.95. The van der Waals surface area contributed by atoms with Crippen molar-refractivity contribution in [2.24, 2.45) is 5.92 Å². The van der Waals surface area contributed by atoms with Crippen molar-refractivity contribution in [1.29, 1.82) is 0 Å². The van der Waals surface area contributed by atoms with Crippen LogP contribution in [0, 0.1) is 18.7 Å². The molecule has 2 aromatic heterocycles. The minimum Gasteiger partial charge on any atom is -0.469 e. The van der Waals surface area contributed by atoms with E-state index in [2.05, 4.69) is 31.1 Å². The quantitative estimate of drug-likeness (QED) is 0.310. The smallest absolute Gasteiger partial charge is 0.309 e. The molecule has 2 amide bonds. The molecule has 2 N–H and O–H groups in total. The largest absolute Gasteiger partial charge is 0.469 e. The Bertz CT molecular complexity index is 1710. The van der Waals surface area contributed by atoms with Gasteiger partial charge in [-0.05, 0) is 55.2 Å². The van der Waals surface area contributed by atoms with Crippen LogP contribution in [0.5, 0.6) is 0 Å². The van der Waals surface area contributed by atoms with Gasteiger partial charge in [-0.1, -0.05) is 48.4 Å². The molecule has 0 radical (unpaired) electrons. The molecule has 13 heteroatoms. The molecule has 43 heavy (non-hydrogen) atoms. The maximum Gasteiger partial charge on any atom is 0.309 e. The maximum absolute atomic E-state index is 14.7. The topological polar surface area (TPSA) is 141 Å². The third kappa shape index (κ3) is 6.38. The van der Waals surface area contributed by atoms with Gasteiger partial charge in [0.1, 0.15) is 5.69 Å². The Hall–Kier alpha value is -4.71. The SMILES string of the molecule is COC(=O)Cc1ccc2c(c1)NC(=O)C(C)CCC[C@H](NC(=O)c1nnn(-c3cccc(Cl)c3F)c1C)c1cnnc-2c1. The van der Waals surface area contributed by atoms with Crippen molar-refractivity contribution in [2.45, 2.75) is 45.6 Å². The fraction of sp³-hybridized carbons (Fsp3) is 0.300. The highest BCUT2D eigenvalue weighted by atomic mass is 35.5. The molecule has 0 saturated carbocycles. The van der Waals surface area contributed by atoms with Crippen molar-refractivity contribution in [2.75, 3.05) is 12.4 Å². The Morgan fingerprint density at radius 1 is 1.19 bits per heavy atom. The highest BCUT2D eigenvalue weighted by Gasteiger charge is 2.25. The zero-order valence-corrected chi connectivity index (χ0v) is 24.5. The van der Waals surface area contributed by atoms with E-state index in [0.717, 1.165) is 0 Å². The summed E-state index contributed by atoms with van der Waals surface area (Å²) in [5, 5.41) is 22.4. The van der Waals surface area contributed by atoms with Crippen molar-refractivity contribution in [1.82, 2.24) is 30.5 Å². The van der Waals surface area contributed by atoms with Gasteiger partial charge in [0.25, 0.3) is 5.91 Å². The molecule has 3 heterocycles. The molecule has 2 bridgehead atoms. The van der Waals surface area contributed by atoms with Gasteiger partial charge in [0.05, 0.1) is 47.9 Å². The number of ether oxygens (including phenoxy) is 1. The number of nitrogens with one attached hydrogen (secondary N) is 2. The first-order valence-electron chi connectivity index (χ1n) is 13.7. The number of hydrogen-bond donors (Lipinski definition) is 2. The molecule has 1 aliphatic heterocycles. The Kier molecular flexibility index (Phi) is 8.76. The third-order valence-corrected chi connectivity index (χ3v) is 7.72. The van der Waals surface area contributed by atoms with Crippen molar-refractivity contribution >= 4 is 35.1 Å². The number of fused-ring (bicyclic) bond motifs is 4. The number of esters is 1. The average Bonchev–Trinajstić information content (AvgIpc) is 3.38. The molecule has 0 saturated heterocycles. The number of amides is 2. The number of anilines is 1. The third-order valence-electron chi connectivity index (χ3n) is 7.42. The van der Waals surface area contributed by atoms with E-state index in [1.807, 2.05) is 6.92 Å². The number of carbonyl (C=O) groups is 3. The Labute approximate surface area is 251 Å². The van der Waals surface area contributed by atoms with E-state index in [1.54, 1.807) is 43.5 Å². The van der Waals surface area contributed by atoms with Crippen LogP contribution in [0.15, 0.2) is 48.7 Å². The number of rotatable bonds is 5. The van der Waals surface area contributed by atoms with E-state index >= 15 is 0 Å². The van der Waals surface area contributed by atoms with Gasteiger partial charge in [-0.15, -0.1) is 5.10 Å². The second-order valence-corrected chi connectivity index (χ2v) is 10.8. The number of hydrogen-bond acceptors (Lipinski definition) is 8. The molecule has 0 spiro atoms. The maximum atomic E-state index is 14.7. The van der Waals surface area contributed by atoms with Crippen LogP contribution < -0.4 is 10.6 Å². The number of halogens is 2. The number of nitrogens with zero attached hydrogens (tertiary/aromatic N) is 5. The summed E-state index contributed by atoms with van der Waals surface area (Å²) in [6, 6.07) is 11.1. The van der Waals surface area contributed by atoms with Crippen LogP contribution in [0.25, 0.3) is 16.9 Å². The highest BCUT2D eigenvalue weighted by molar-refractivity contribution is 6.30. The predicted octanol–water partition coefficient (Wildman–Crippen LogP) is 4.77. The fourth-order valence-electron chi connectivity index (χ4n) is 4.96. The Balaban J connectivity index is 1.48. The van der Waals surface area contributed by atoms with Gasteiger partial charge in [0.15, 0.2) is 11.5 Å². The molecule has 1 aliphatic rings. The van der Waals surface area contributed by atoms with E-state index in [9.17, 15) is 18.8 Å². The first-order valence-corrected chi connectivity index (χ1v) is 14.0. The van der Waals surface area contributed by atoms with Crippen LogP contribution in [0.1, 0.15) is 59.5 Å². The van der Waals surface area contributed by atoms with Crippen LogP contribution in [0.2, 0.25) is 5.02 Å². The summed E-state index contributed by atoms with van der Waals surface area (Å²) in [4.78, 5) is 38.4. The molecule has 222 valence electrons. The lowest BCUT2D eigenvalue weighted by Gasteiger charge is -2.22. The van der Waals surface area contributed by atoms with Crippen molar-refractivity contribution in [3.05, 3.63) is 82.0 Å². The minimum absolute atomic E-state index is 0.0314. The van der Waals surface area contributed by atoms with Crippen molar-refractivity contribution < 1.29 is 23.5 Å². The summed E-state index contributed by atoms with van der Waals surface area (Å²) in [5.74, 6) is -2.08. The summed E-state index contributed by atoms with van der Waals surface area (Å²) >= 11 is 5.94. The number of carbonyl (C=O) groups excluding carboxylic acids is 3. The molecule has 0 fully saturated rings. The molecule has 0 aliphatic carbocycles. The monoisotopic (exact) mass is 605 g/mol. The number of aromatic nitrogens is 5.